The largest absolute Gasteiger partial charge is 0.394 e. The lowest BCUT2D eigenvalue weighted by Crippen LogP contribution is -2.47. The van der Waals surface area contributed by atoms with E-state index in [0.717, 1.165) is 0 Å². The molecular formula is C6H11F5Si. The highest BCUT2D eigenvalue weighted by Crippen LogP contribution is 2.37. The highest BCUT2D eigenvalue weighted by molar-refractivity contribution is 6.78. The lowest BCUT2D eigenvalue weighted by atomic mass is 10.4. The molecule has 0 aromatic heterocycles. The van der Waals surface area contributed by atoms with Gasteiger partial charge in [-0.25, -0.2) is 8.78 Å². The molecule has 6 heteroatoms. The molecule has 0 saturated heterocycles. The Kier molecular flexibility index (Phi) is 2.94. The Labute approximate surface area is 68.8 Å². The smallest absolute Gasteiger partial charge is 0.212 e. The maximum absolute atomic E-state index is 12.8. The van der Waals surface area contributed by atoms with E-state index in [0.29, 0.717) is 0 Å². The average molecular weight is 206 g/mol. The fourth-order valence-corrected chi connectivity index (χ4v) is 1.25. The van der Waals surface area contributed by atoms with Crippen LogP contribution < -0.4 is 0 Å². The molecule has 74 valence electrons. The number of alkyl halides is 5. The molecule has 0 aromatic carbocycles. The van der Waals surface area contributed by atoms with Crippen molar-refractivity contribution in [1.82, 2.24) is 0 Å². The minimum Gasteiger partial charge on any atom is -0.212 e. The van der Waals surface area contributed by atoms with Crippen LogP contribution in [0.2, 0.25) is 19.6 Å². The van der Waals surface area contributed by atoms with Crippen LogP contribution >= 0.6 is 0 Å². The second kappa shape index (κ2) is 2.97. The molecule has 0 atom stereocenters. The van der Waals surface area contributed by atoms with Gasteiger partial charge in [-0.2, -0.15) is 13.2 Å². The van der Waals surface area contributed by atoms with Crippen LogP contribution in [0.1, 0.15) is 6.42 Å². The first kappa shape index (κ1) is 11.9. The quantitative estimate of drug-likeness (QED) is 0.479. The van der Waals surface area contributed by atoms with Gasteiger partial charge in [0.25, 0.3) is 0 Å². The van der Waals surface area contributed by atoms with Gasteiger partial charge in [0.2, 0.25) is 5.55 Å². The van der Waals surface area contributed by atoms with Crippen LogP contribution in [0.25, 0.3) is 0 Å². The van der Waals surface area contributed by atoms with Crippen LogP contribution in [0.3, 0.4) is 0 Å². The van der Waals surface area contributed by atoms with E-state index in [9.17, 15) is 22.0 Å². The van der Waals surface area contributed by atoms with Crippen molar-refractivity contribution in [2.24, 2.45) is 0 Å². The predicted octanol–water partition coefficient (Wildman–Crippen LogP) is 3.45. The van der Waals surface area contributed by atoms with Crippen molar-refractivity contribution in [3.8, 4) is 0 Å². The van der Waals surface area contributed by atoms with E-state index in [1.165, 1.54) is 19.6 Å². The monoisotopic (exact) mass is 206 g/mol. The Morgan fingerprint density at radius 3 is 1.33 bits per heavy atom. The number of hydrogen-bond donors (Lipinski definition) is 0. The molecule has 0 spiro atoms. The first-order valence-electron chi connectivity index (χ1n) is 3.40. The number of rotatable bonds is 2. The fraction of sp³-hybridized carbons (Fsp3) is 1.00. The standard InChI is InChI=1S/C6H11F5Si/c1-12(2,3)6(10,11)4-5(7,8)9/h4H2,1-3H3. The molecule has 0 aromatic rings. The maximum Gasteiger partial charge on any atom is 0.394 e. The van der Waals surface area contributed by atoms with Gasteiger partial charge in [0, 0.05) is 0 Å². The summed E-state index contributed by atoms with van der Waals surface area (Å²) in [5, 5.41) is 0. The van der Waals surface area contributed by atoms with E-state index in [1.807, 2.05) is 0 Å². The molecule has 0 rings (SSSR count). The zero-order valence-electron chi connectivity index (χ0n) is 7.10. The lowest BCUT2D eigenvalue weighted by molar-refractivity contribution is -0.169. The van der Waals surface area contributed by atoms with E-state index in [-0.39, 0.29) is 0 Å². The Bertz CT molecular complexity index is 154. The van der Waals surface area contributed by atoms with Gasteiger partial charge >= 0.3 is 6.18 Å². The third-order valence-electron chi connectivity index (χ3n) is 1.52. The molecule has 0 saturated carbocycles. The molecule has 12 heavy (non-hydrogen) atoms. The van der Waals surface area contributed by atoms with Crippen molar-refractivity contribution in [3.63, 3.8) is 0 Å². The van der Waals surface area contributed by atoms with Crippen LogP contribution in [-0.4, -0.2) is 19.8 Å². The van der Waals surface area contributed by atoms with Gasteiger partial charge < -0.3 is 0 Å². The van der Waals surface area contributed by atoms with Gasteiger partial charge in [-0.1, -0.05) is 19.6 Å². The van der Waals surface area contributed by atoms with E-state index in [1.54, 1.807) is 0 Å². The van der Waals surface area contributed by atoms with Gasteiger partial charge in [-0.15, -0.1) is 0 Å². The highest BCUT2D eigenvalue weighted by atomic mass is 28.3. The van der Waals surface area contributed by atoms with Gasteiger partial charge in [-0.3, -0.25) is 0 Å². The van der Waals surface area contributed by atoms with Crippen molar-refractivity contribution in [3.05, 3.63) is 0 Å². The molecule has 0 amide bonds. The van der Waals surface area contributed by atoms with Gasteiger partial charge in [0.05, 0.1) is 0 Å². The normalized spacial score (nSPS) is 15.0. The summed E-state index contributed by atoms with van der Waals surface area (Å²) < 4.78 is 60.4. The minimum absolute atomic E-state index is 1.22. The van der Waals surface area contributed by atoms with Crippen LogP contribution in [-0.2, 0) is 0 Å². The lowest BCUT2D eigenvalue weighted by Gasteiger charge is -2.29. The predicted molar refractivity (Wildman–Crippen MR) is 39.0 cm³/mol. The summed E-state index contributed by atoms with van der Waals surface area (Å²) in [5.74, 6) is 0. The third-order valence-corrected chi connectivity index (χ3v) is 3.89. The second-order valence-electron chi connectivity index (χ2n) is 3.75. The molecule has 0 bridgehead atoms. The molecule has 0 heterocycles. The molecule has 0 fully saturated rings. The molecule has 0 radical (unpaired) electrons. The van der Waals surface area contributed by atoms with Crippen molar-refractivity contribution < 1.29 is 22.0 Å². The SMILES string of the molecule is C[Si](C)(C)C(F)(F)CC(F)(F)F. The third kappa shape index (κ3) is 3.51. The number of halogens is 5. The molecule has 0 aliphatic carbocycles. The summed E-state index contributed by atoms with van der Waals surface area (Å²) in [7, 11) is -3.05. The molecule has 0 N–H and O–H groups in total. The summed E-state index contributed by atoms with van der Waals surface area (Å²) in [6.45, 7) is 3.66. The summed E-state index contributed by atoms with van der Waals surface area (Å²) in [6, 6.07) is 0. The number of hydrogen-bond acceptors (Lipinski definition) is 0. The first-order chi connectivity index (χ1) is 4.96. The van der Waals surface area contributed by atoms with E-state index >= 15 is 0 Å². The average Bonchev–Trinajstić information content (AvgIpc) is 1.52. The Morgan fingerprint density at radius 1 is 0.917 bits per heavy atom. The summed E-state index contributed by atoms with van der Waals surface area (Å²) in [6.07, 6.45) is -6.76. The topological polar surface area (TPSA) is 0 Å². The van der Waals surface area contributed by atoms with Gasteiger partial charge in [-0.05, 0) is 0 Å². The van der Waals surface area contributed by atoms with Crippen molar-refractivity contribution in [2.75, 3.05) is 0 Å². The zero-order chi connectivity index (χ0) is 10.2. The Balaban J connectivity index is 4.44. The second-order valence-corrected chi connectivity index (χ2v) is 8.98. The molecule has 0 aliphatic rings. The van der Waals surface area contributed by atoms with Crippen LogP contribution in [0.15, 0.2) is 0 Å². The van der Waals surface area contributed by atoms with Crippen molar-refractivity contribution in [2.45, 2.75) is 37.8 Å². The summed E-state index contributed by atoms with van der Waals surface area (Å²) in [4.78, 5) is 0. The summed E-state index contributed by atoms with van der Waals surface area (Å²) in [5.41, 5.74) is -3.56. The first-order valence-corrected chi connectivity index (χ1v) is 6.90. The fourth-order valence-electron chi connectivity index (χ4n) is 0.517. The Morgan fingerprint density at radius 2 is 1.25 bits per heavy atom. The Hall–Kier alpha value is -0.133. The van der Waals surface area contributed by atoms with E-state index in [2.05, 4.69) is 0 Å². The van der Waals surface area contributed by atoms with Crippen LogP contribution in [0.4, 0.5) is 22.0 Å². The molecule has 0 unspecified atom stereocenters. The van der Waals surface area contributed by atoms with Crippen molar-refractivity contribution in [1.29, 1.82) is 0 Å². The van der Waals surface area contributed by atoms with E-state index in [4.69, 9.17) is 0 Å². The maximum atomic E-state index is 12.8. The van der Waals surface area contributed by atoms with Gasteiger partial charge in [0.15, 0.2) is 0 Å². The van der Waals surface area contributed by atoms with Crippen LogP contribution in [0, 0.1) is 0 Å². The van der Waals surface area contributed by atoms with E-state index < -0.39 is 26.2 Å². The highest BCUT2D eigenvalue weighted by Gasteiger charge is 2.52. The summed E-state index contributed by atoms with van der Waals surface area (Å²) >= 11 is 0. The minimum atomic E-state index is -4.77. The van der Waals surface area contributed by atoms with Gasteiger partial charge in [0.1, 0.15) is 14.5 Å². The molecular weight excluding hydrogens is 195 g/mol. The zero-order valence-corrected chi connectivity index (χ0v) is 8.10. The van der Waals surface area contributed by atoms with Crippen molar-refractivity contribution >= 4 is 8.07 Å². The molecule has 0 nitrogen and oxygen atoms in total. The van der Waals surface area contributed by atoms with Crippen LogP contribution in [0.5, 0.6) is 0 Å². The molecule has 0 aliphatic heterocycles.